The molecule has 1 unspecified atom stereocenters. The van der Waals surface area contributed by atoms with Gasteiger partial charge in [-0.2, -0.15) is 4.31 Å². The molecule has 0 saturated heterocycles. The van der Waals surface area contributed by atoms with Gasteiger partial charge in [-0.25, -0.2) is 8.42 Å². The number of carbonyl (C=O) groups is 2. The number of amides is 2. The molecule has 14 heteroatoms. The van der Waals surface area contributed by atoms with Crippen molar-refractivity contribution in [2.75, 3.05) is 33.7 Å². The summed E-state index contributed by atoms with van der Waals surface area (Å²) in [5.41, 5.74) is -1.38. The minimum atomic E-state index is -4.48. The maximum absolute atomic E-state index is 14.0. The lowest BCUT2D eigenvalue weighted by molar-refractivity contribution is -0.286. The number of ether oxygens (including phenoxy) is 2. The van der Waals surface area contributed by atoms with Gasteiger partial charge in [-0.3, -0.25) is 14.9 Å². The Balaban J connectivity index is 1.79. The number of carbonyl (C=O) groups excluding carboxylic acids is 2. The number of nitrogens with zero attached hydrogens (tertiary/aromatic N) is 2. The fourth-order valence-corrected chi connectivity index (χ4v) is 6.28. The molecule has 44 heavy (non-hydrogen) atoms. The van der Waals surface area contributed by atoms with E-state index in [4.69, 9.17) is 0 Å². The second kappa shape index (κ2) is 14.8. The first-order valence-electron chi connectivity index (χ1n) is 14.0. The number of likely N-dealkylation sites (N-methyl/N-ethyl adjacent to an activating group) is 1. The summed E-state index contributed by atoms with van der Waals surface area (Å²) in [6.45, 7) is 3.54. The van der Waals surface area contributed by atoms with Gasteiger partial charge in [0.05, 0.1) is 11.4 Å². The summed E-state index contributed by atoms with van der Waals surface area (Å²) >= 11 is 0. The molecule has 3 N–H and O–H groups in total. The van der Waals surface area contributed by atoms with Crippen molar-refractivity contribution in [1.29, 1.82) is 0 Å². The minimum absolute atomic E-state index is 0.0174. The predicted octanol–water partition coefficient (Wildman–Crippen LogP) is 2.51. The summed E-state index contributed by atoms with van der Waals surface area (Å²) in [6.07, 6.45) is -4.05. The quantitative estimate of drug-likeness (QED) is 0.164. The van der Waals surface area contributed by atoms with Gasteiger partial charge in [0.2, 0.25) is 21.8 Å². The van der Waals surface area contributed by atoms with E-state index in [0.29, 0.717) is 5.56 Å². The van der Waals surface area contributed by atoms with Crippen LogP contribution in [0.2, 0.25) is 0 Å². The van der Waals surface area contributed by atoms with E-state index in [9.17, 15) is 31.9 Å². The van der Waals surface area contributed by atoms with Crippen molar-refractivity contribution in [3.8, 4) is 23.5 Å². The van der Waals surface area contributed by atoms with E-state index in [2.05, 4.69) is 32.1 Å². The van der Waals surface area contributed by atoms with Gasteiger partial charge in [0, 0.05) is 50.9 Å². The Labute approximate surface area is 256 Å². The number of hydrogen-bond acceptors (Lipinski definition) is 8. The van der Waals surface area contributed by atoms with E-state index in [0.717, 1.165) is 22.5 Å². The van der Waals surface area contributed by atoms with Crippen LogP contribution >= 0.6 is 0 Å². The Morgan fingerprint density at radius 2 is 1.75 bits per heavy atom. The number of benzene rings is 2. The van der Waals surface area contributed by atoms with Gasteiger partial charge >= 0.3 is 6.29 Å². The fraction of sp³-hybridized carbons (Fsp3) is 0.467. The van der Waals surface area contributed by atoms with Gasteiger partial charge in [-0.1, -0.05) is 50.1 Å². The molecule has 11 nitrogen and oxygen atoms in total. The maximum Gasteiger partial charge on any atom is 0.586 e. The van der Waals surface area contributed by atoms with Crippen molar-refractivity contribution in [3.05, 3.63) is 54.1 Å². The summed E-state index contributed by atoms with van der Waals surface area (Å²) < 4.78 is 65.1. The molecule has 0 radical (unpaired) electrons. The molecule has 0 bridgehead atoms. The zero-order valence-electron chi connectivity index (χ0n) is 25.1. The predicted molar refractivity (Wildman–Crippen MR) is 158 cm³/mol. The van der Waals surface area contributed by atoms with E-state index in [1.807, 2.05) is 0 Å². The number of alkyl halides is 2. The number of hydrogen-bond donors (Lipinski definition) is 3. The summed E-state index contributed by atoms with van der Waals surface area (Å²) in [7, 11) is -0.991. The molecule has 2 aromatic rings. The Morgan fingerprint density at radius 3 is 2.41 bits per heavy atom. The topological polar surface area (TPSA) is 138 Å². The highest BCUT2D eigenvalue weighted by Crippen LogP contribution is 2.43. The molecule has 0 aliphatic carbocycles. The lowest BCUT2D eigenvalue weighted by Gasteiger charge is -2.40. The Kier molecular flexibility index (Phi) is 11.7. The first-order valence-corrected chi connectivity index (χ1v) is 15.4. The normalized spacial score (nSPS) is 15.0. The van der Waals surface area contributed by atoms with Gasteiger partial charge in [0.1, 0.15) is 5.72 Å². The summed E-state index contributed by atoms with van der Waals surface area (Å²) in [6, 6.07) is 14.4. The summed E-state index contributed by atoms with van der Waals surface area (Å²) in [5.74, 6) is 1.05. The number of halogens is 2. The third kappa shape index (κ3) is 9.88. The molecule has 0 fully saturated rings. The average Bonchev–Trinajstić information content (AvgIpc) is 3.24. The van der Waals surface area contributed by atoms with Crippen LogP contribution in [0.25, 0.3) is 0 Å². The number of rotatable bonds is 14. The highest BCUT2D eigenvalue weighted by molar-refractivity contribution is 7.89. The molecule has 2 amide bonds. The van der Waals surface area contributed by atoms with Gasteiger partial charge in [-0.05, 0) is 37.7 Å². The van der Waals surface area contributed by atoms with Crippen LogP contribution < -0.4 is 20.1 Å². The van der Waals surface area contributed by atoms with Crippen LogP contribution in [0.1, 0.15) is 38.7 Å². The first kappa shape index (κ1) is 34.7. The average molecular weight is 637 g/mol. The zero-order chi connectivity index (χ0) is 32.5. The van der Waals surface area contributed by atoms with Crippen LogP contribution in [0.15, 0.2) is 53.4 Å². The SMILES string of the molecule is CC(C)CN(C(O)(CCNC(=O)CCC#CNC(=O)CN(C)C)Cc1ccccc1)S(=O)(=O)c1ccc2c(c1)OC(F)(F)O2. The van der Waals surface area contributed by atoms with E-state index >= 15 is 0 Å². The third-order valence-corrected chi connectivity index (χ3v) is 8.28. The van der Waals surface area contributed by atoms with Crippen LogP contribution in [-0.4, -0.2) is 80.3 Å². The number of aliphatic hydroxyl groups is 1. The van der Waals surface area contributed by atoms with E-state index in [-0.39, 0.29) is 73.7 Å². The zero-order valence-corrected chi connectivity index (χ0v) is 25.9. The van der Waals surface area contributed by atoms with E-state index in [1.54, 1.807) is 63.2 Å². The first-order chi connectivity index (χ1) is 20.6. The maximum atomic E-state index is 14.0. The van der Waals surface area contributed by atoms with Crippen LogP contribution in [0.4, 0.5) is 8.78 Å². The molecule has 1 aliphatic heterocycles. The van der Waals surface area contributed by atoms with Crippen molar-refractivity contribution < 1.29 is 41.4 Å². The van der Waals surface area contributed by atoms with Gasteiger partial charge < -0.3 is 24.8 Å². The Morgan fingerprint density at radius 1 is 1.07 bits per heavy atom. The molecule has 1 aliphatic rings. The molecule has 240 valence electrons. The van der Waals surface area contributed by atoms with E-state index in [1.165, 1.54) is 0 Å². The number of sulfonamides is 1. The molecule has 0 spiro atoms. The van der Waals surface area contributed by atoms with Crippen LogP contribution in [0, 0.1) is 17.9 Å². The van der Waals surface area contributed by atoms with Crippen molar-refractivity contribution in [2.24, 2.45) is 5.92 Å². The molecule has 1 heterocycles. The molecule has 3 rings (SSSR count). The summed E-state index contributed by atoms with van der Waals surface area (Å²) in [5, 5.41) is 17.2. The van der Waals surface area contributed by atoms with Crippen LogP contribution in [0.5, 0.6) is 11.5 Å². The highest BCUT2D eigenvalue weighted by atomic mass is 32.2. The molecular weight excluding hydrogens is 598 g/mol. The van der Waals surface area contributed by atoms with Crippen LogP contribution in [0.3, 0.4) is 0 Å². The third-order valence-electron chi connectivity index (χ3n) is 6.36. The molecule has 0 saturated carbocycles. The fourth-order valence-electron chi connectivity index (χ4n) is 4.43. The van der Waals surface area contributed by atoms with Gasteiger partial charge in [0.25, 0.3) is 0 Å². The smallest absolute Gasteiger partial charge is 0.395 e. The molecule has 0 aromatic heterocycles. The minimum Gasteiger partial charge on any atom is -0.395 e. The van der Waals surface area contributed by atoms with E-state index < -0.39 is 27.8 Å². The van der Waals surface area contributed by atoms with Crippen molar-refractivity contribution in [3.63, 3.8) is 0 Å². The molecule has 1 atom stereocenters. The van der Waals surface area contributed by atoms with Gasteiger partial charge in [-0.15, -0.1) is 8.78 Å². The number of nitrogens with one attached hydrogen (secondary N) is 2. The van der Waals surface area contributed by atoms with Crippen molar-refractivity contribution in [2.45, 2.75) is 56.4 Å². The van der Waals surface area contributed by atoms with Crippen molar-refractivity contribution >= 4 is 21.8 Å². The van der Waals surface area contributed by atoms with Gasteiger partial charge in [0.15, 0.2) is 11.5 Å². The molecule has 2 aromatic carbocycles. The summed E-state index contributed by atoms with van der Waals surface area (Å²) in [4.78, 5) is 25.4. The number of fused-ring (bicyclic) bond motifs is 1. The highest BCUT2D eigenvalue weighted by Gasteiger charge is 2.46. The monoisotopic (exact) mass is 636 g/mol. The second-order valence-electron chi connectivity index (χ2n) is 11.0. The largest absolute Gasteiger partial charge is 0.586 e. The molecular formula is C30H38F2N4O7S. The second-order valence-corrected chi connectivity index (χ2v) is 12.9. The lowest BCUT2D eigenvalue weighted by atomic mass is 9.98. The van der Waals surface area contributed by atoms with Crippen LogP contribution in [-0.2, 0) is 26.0 Å². The standard InChI is InChI=1S/C30H38F2N4O7S/c1-22(2)20-36(44(40,41)24-13-14-25-26(18-24)43-30(31,32)42-25)29(39,19-23-10-6-5-7-11-23)15-17-34-27(37)12-8-9-16-33-28(38)21-35(3)4/h5-7,10-11,13-14,18,22,39H,8,12,15,17,19-21H2,1-4H3,(H,33,38)(H,34,37). The Hall–Kier alpha value is -3.77. The van der Waals surface area contributed by atoms with Crippen molar-refractivity contribution in [1.82, 2.24) is 19.8 Å². The Bertz CT molecular complexity index is 1480. The lowest BCUT2D eigenvalue weighted by Crippen LogP contribution is -2.55.